The van der Waals surface area contributed by atoms with Gasteiger partial charge in [-0.25, -0.2) is 9.97 Å². The molecule has 0 aromatic carbocycles. The Kier molecular flexibility index (Phi) is 3.80. The lowest BCUT2D eigenvalue weighted by Gasteiger charge is -2.15. The summed E-state index contributed by atoms with van der Waals surface area (Å²) >= 11 is 6.17. The van der Waals surface area contributed by atoms with Crippen molar-refractivity contribution in [3.05, 3.63) is 17.2 Å². The van der Waals surface area contributed by atoms with Gasteiger partial charge < -0.3 is 4.90 Å². The molecule has 7 heteroatoms. The van der Waals surface area contributed by atoms with Crippen molar-refractivity contribution in [2.24, 2.45) is 13.0 Å². The van der Waals surface area contributed by atoms with E-state index in [0.717, 1.165) is 24.8 Å². The zero-order valence-electron chi connectivity index (χ0n) is 12.2. The Labute approximate surface area is 128 Å². The second kappa shape index (κ2) is 5.60. The van der Waals surface area contributed by atoms with Crippen molar-refractivity contribution in [3.63, 3.8) is 0 Å². The maximum Gasteiger partial charge on any atom is 0.223 e. The molecule has 0 bridgehead atoms. The van der Waals surface area contributed by atoms with Crippen molar-refractivity contribution in [2.45, 2.75) is 32.7 Å². The van der Waals surface area contributed by atoms with Gasteiger partial charge in [0.15, 0.2) is 11.5 Å². The molecule has 1 aliphatic heterocycles. The highest BCUT2D eigenvalue weighted by molar-refractivity contribution is 6.33. The van der Waals surface area contributed by atoms with Gasteiger partial charge in [0, 0.05) is 20.0 Å². The largest absolute Gasteiger partial charge is 0.335 e. The van der Waals surface area contributed by atoms with Crippen LogP contribution in [0.4, 0.5) is 0 Å². The summed E-state index contributed by atoms with van der Waals surface area (Å²) in [7, 11) is 1.81. The summed E-state index contributed by atoms with van der Waals surface area (Å²) in [4.78, 5) is 22.6. The lowest BCUT2D eigenvalue weighted by molar-refractivity contribution is -0.128. The topological polar surface area (TPSA) is 63.9 Å². The Morgan fingerprint density at radius 1 is 1.43 bits per heavy atom. The number of aromatic nitrogens is 4. The molecule has 3 rings (SSSR count). The third-order valence-electron chi connectivity index (χ3n) is 3.92. The molecule has 0 saturated carbocycles. The summed E-state index contributed by atoms with van der Waals surface area (Å²) in [5.74, 6) is 1.21. The van der Waals surface area contributed by atoms with E-state index in [-0.39, 0.29) is 5.91 Å². The molecular formula is C14H18ClN5O. The van der Waals surface area contributed by atoms with Crippen molar-refractivity contribution < 1.29 is 4.79 Å². The van der Waals surface area contributed by atoms with E-state index in [1.165, 1.54) is 0 Å². The van der Waals surface area contributed by atoms with Gasteiger partial charge in [0.05, 0.1) is 18.1 Å². The van der Waals surface area contributed by atoms with Gasteiger partial charge in [-0.05, 0) is 12.3 Å². The maximum atomic E-state index is 12.0. The second-order valence-electron chi connectivity index (χ2n) is 5.57. The molecule has 6 nitrogen and oxygen atoms in total. The summed E-state index contributed by atoms with van der Waals surface area (Å²) in [6, 6.07) is 0. The molecule has 2 aromatic heterocycles. The Balaban J connectivity index is 1.82. The number of likely N-dealkylation sites (tertiary alicyclic amines) is 1. The van der Waals surface area contributed by atoms with E-state index < -0.39 is 0 Å². The fraction of sp³-hybridized carbons (Fsp3) is 0.571. The number of rotatable bonds is 4. The molecule has 1 amide bonds. The number of carbonyl (C=O) groups excluding carboxylic acids is 1. The summed E-state index contributed by atoms with van der Waals surface area (Å²) in [6.45, 7) is 3.35. The van der Waals surface area contributed by atoms with Crippen LogP contribution in [0.5, 0.6) is 0 Å². The first-order valence-electron chi connectivity index (χ1n) is 7.20. The number of fused-ring (bicyclic) bond motifs is 1. The van der Waals surface area contributed by atoms with Crippen LogP contribution in [-0.2, 0) is 18.4 Å². The zero-order valence-corrected chi connectivity index (χ0v) is 13.0. The number of aryl methyl sites for hydroxylation is 1. The summed E-state index contributed by atoms with van der Waals surface area (Å²) in [5.41, 5.74) is 0.696. The smallest absolute Gasteiger partial charge is 0.223 e. The van der Waals surface area contributed by atoms with Crippen LogP contribution in [0.15, 0.2) is 6.20 Å². The minimum Gasteiger partial charge on any atom is -0.335 e. The maximum absolute atomic E-state index is 12.0. The average Bonchev–Trinajstić information content (AvgIpc) is 2.96. The van der Waals surface area contributed by atoms with E-state index in [1.807, 2.05) is 11.9 Å². The number of carbonyl (C=O) groups is 1. The molecular weight excluding hydrogens is 290 g/mol. The molecule has 112 valence electrons. The molecule has 3 heterocycles. The van der Waals surface area contributed by atoms with Crippen LogP contribution in [0.25, 0.3) is 11.0 Å². The molecule has 1 saturated heterocycles. The van der Waals surface area contributed by atoms with E-state index in [2.05, 4.69) is 22.0 Å². The van der Waals surface area contributed by atoms with Crippen molar-refractivity contribution in [1.29, 1.82) is 0 Å². The highest BCUT2D eigenvalue weighted by atomic mass is 35.5. The Morgan fingerprint density at radius 3 is 3.00 bits per heavy atom. The highest BCUT2D eigenvalue weighted by Crippen LogP contribution is 2.24. The molecule has 0 spiro atoms. The predicted molar refractivity (Wildman–Crippen MR) is 79.7 cm³/mol. The van der Waals surface area contributed by atoms with E-state index in [1.54, 1.807) is 10.9 Å². The van der Waals surface area contributed by atoms with Crippen LogP contribution in [0.3, 0.4) is 0 Å². The predicted octanol–water partition coefficient (Wildman–Crippen LogP) is 2.17. The highest BCUT2D eigenvalue weighted by Gasteiger charge is 2.29. The first-order chi connectivity index (χ1) is 10.1. The van der Waals surface area contributed by atoms with Gasteiger partial charge in [0.2, 0.25) is 5.91 Å². The standard InChI is InChI=1S/C14H18ClN5O/c1-3-4-9-5-12(21)20(7-9)8-11-17-13(15)10-6-16-19(2)14(10)18-11/h6,9H,3-5,7-8H2,1-2H3. The number of nitrogens with zero attached hydrogens (tertiary/aromatic N) is 5. The fourth-order valence-electron chi connectivity index (χ4n) is 2.88. The van der Waals surface area contributed by atoms with Gasteiger partial charge in [0.25, 0.3) is 0 Å². The lowest BCUT2D eigenvalue weighted by atomic mass is 10.0. The van der Waals surface area contributed by atoms with E-state index in [0.29, 0.717) is 35.5 Å². The van der Waals surface area contributed by atoms with Crippen LogP contribution in [-0.4, -0.2) is 37.1 Å². The molecule has 1 unspecified atom stereocenters. The number of halogens is 1. The minimum atomic E-state index is 0.179. The molecule has 2 aromatic rings. The molecule has 1 atom stereocenters. The van der Waals surface area contributed by atoms with Crippen LogP contribution in [0.1, 0.15) is 32.0 Å². The first kappa shape index (κ1) is 14.3. The van der Waals surface area contributed by atoms with Crippen molar-refractivity contribution in [2.75, 3.05) is 6.54 Å². The normalized spacial score (nSPS) is 18.9. The Bertz CT molecular complexity index is 683. The first-order valence-corrected chi connectivity index (χ1v) is 7.58. The van der Waals surface area contributed by atoms with E-state index in [9.17, 15) is 4.79 Å². The zero-order chi connectivity index (χ0) is 15.0. The third-order valence-corrected chi connectivity index (χ3v) is 4.20. The minimum absolute atomic E-state index is 0.179. The van der Waals surface area contributed by atoms with Gasteiger partial charge in [-0.3, -0.25) is 9.48 Å². The van der Waals surface area contributed by atoms with Gasteiger partial charge in [-0.1, -0.05) is 24.9 Å². The number of hydrogen-bond acceptors (Lipinski definition) is 4. The molecule has 21 heavy (non-hydrogen) atoms. The number of hydrogen-bond donors (Lipinski definition) is 0. The molecule has 0 N–H and O–H groups in total. The monoisotopic (exact) mass is 307 g/mol. The molecule has 0 radical (unpaired) electrons. The summed E-state index contributed by atoms with van der Waals surface area (Å²) in [6.07, 6.45) is 4.48. The quantitative estimate of drug-likeness (QED) is 0.812. The summed E-state index contributed by atoms with van der Waals surface area (Å²) < 4.78 is 1.66. The second-order valence-corrected chi connectivity index (χ2v) is 5.93. The van der Waals surface area contributed by atoms with Crippen LogP contribution >= 0.6 is 11.6 Å². The third kappa shape index (κ3) is 2.72. The molecule has 0 aliphatic carbocycles. The van der Waals surface area contributed by atoms with Crippen molar-refractivity contribution >= 4 is 28.5 Å². The Morgan fingerprint density at radius 2 is 2.24 bits per heavy atom. The van der Waals surface area contributed by atoms with Crippen molar-refractivity contribution in [1.82, 2.24) is 24.6 Å². The molecule has 1 aliphatic rings. The van der Waals surface area contributed by atoms with E-state index in [4.69, 9.17) is 11.6 Å². The Hall–Kier alpha value is -1.69. The number of amides is 1. The van der Waals surface area contributed by atoms with Crippen LogP contribution in [0, 0.1) is 5.92 Å². The van der Waals surface area contributed by atoms with E-state index >= 15 is 0 Å². The summed E-state index contributed by atoms with van der Waals surface area (Å²) in [5, 5.41) is 5.25. The van der Waals surface area contributed by atoms with Crippen LogP contribution in [0.2, 0.25) is 5.15 Å². The molecule has 1 fully saturated rings. The fourth-order valence-corrected chi connectivity index (χ4v) is 3.11. The SMILES string of the molecule is CCCC1CC(=O)N(Cc2nc(Cl)c3cnn(C)c3n2)C1. The average molecular weight is 308 g/mol. The van der Waals surface area contributed by atoms with Gasteiger partial charge in [-0.2, -0.15) is 5.10 Å². The van der Waals surface area contributed by atoms with Crippen molar-refractivity contribution in [3.8, 4) is 0 Å². The van der Waals surface area contributed by atoms with Gasteiger partial charge in [-0.15, -0.1) is 0 Å². The van der Waals surface area contributed by atoms with Gasteiger partial charge in [0.1, 0.15) is 5.15 Å². The van der Waals surface area contributed by atoms with Gasteiger partial charge >= 0.3 is 0 Å². The van der Waals surface area contributed by atoms with Crippen LogP contribution < -0.4 is 0 Å². The lowest BCUT2D eigenvalue weighted by Crippen LogP contribution is -2.25.